The minimum atomic E-state index is 0.825. The molecule has 2 fully saturated rings. The van der Waals surface area contributed by atoms with Gasteiger partial charge in [0.1, 0.15) is 0 Å². The summed E-state index contributed by atoms with van der Waals surface area (Å²) in [6.45, 7) is 7.72. The number of piperazine rings is 1. The summed E-state index contributed by atoms with van der Waals surface area (Å²) in [5, 5.41) is 0. The van der Waals surface area contributed by atoms with Crippen LogP contribution < -0.4 is 0 Å². The molecule has 2 atom stereocenters. The van der Waals surface area contributed by atoms with Crippen molar-refractivity contribution in [2.24, 2.45) is 0 Å². The normalized spacial score (nSPS) is 31.4. The molecule has 0 N–H and O–H groups in total. The molecule has 3 heteroatoms. The maximum Gasteiger partial charge on any atom is 0.0223 e. The Morgan fingerprint density at radius 1 is 1.24 bits per heavy atom. The van der Waals surface area contributed by atoms with E-state index in [-0.39, 0.29) is 0 Å². The van der Waals surface area contributed by atoms with Gasteiger partial charge in [0.25, 0.3) is 0 Å². The Morgan fingerprint density at radius 2 is 2.12 bits per heavy atom. The van der Waals surface area contributed by atoms with E-state index >= 15 is 0 Å². The second-order valence-corrected chi connectivity index (χ2v) is 6.53. The van der Waals surface area contributed by atoms with Gasteiger partial charge in [0.15, 0.2) is 0 Å². The van der Waals surface area contributed by atoms with Gasteiger partial charge in [0.2, 0.25) is 0 Å². The third-order valence-corrected chi connectivity index (χ3v) is 5.12. The summed E-state index contributed by atoms with van der Waals surface area (Å²) in [7, 11) is 0. The Hall–Kier alpha value is 0.270. The van der Waals surface area contributed by atoms with Crippen LogP contribution >= 0.6 is 11.8 Å². The van der Waals surface area contributed by atoms with Crippen LogP contribution in [-0.2, 0) is 0 Å². The minimum absolute atomic E-state index is 0.825. The molecule has 2 aliphatic rings. The van der Waals surface area contributed by atoms with Crippen molar-refractivity contribution in [1.29, 1.82) is 0 Å². The van der Waals surface area contributed by atoms with Crippen LogP contribution in [0.4, 0.5) is 0 Å². The molecule has 0 radical (unpaired) electrons. The van der Waals surface area contributed by atoms with Gasteiger partial charge in [-0.3, -0.25) is 9.80 Å². The number of hydrogen-bond donors (Lipinski definition) is 0. The van der Waals surface area contributed by atoms with E-state index in [1.54, 1.807) is 0 Å². The van der Waals surface area contributed by atoms with Crippen molar-refractivity contribution in [3.63, 3.8) is 0 Å². The Kier molecular flexibility index (Phi) is 5.64. The second kappa shape index (κ2) is 7.01. The van der Waals surface area contributed by atoms with Crippen LogP contribution in [0, 0.1) is 0 Å². The fourth-order valence-electron chi connectivity index (χ4n) is 3.39. The molecule has 2 nitrogen and oxygen atoms in total. The SMILES string of the molecule is CCC1CN2CCCCC2CN1CCCSC. The third-order valence-electron chi connectivity index (χ3n) is 4.42. The zero-order valence-electron chi connectivity index (χ0n) is 11.5. The van der Waals surface area contributed by atoms with E-state index in [2.05, 4.69) is 23.0 Å². The van der Waals surface area contributed by atoms with Crippen molar-refractivity contribution < 1.29 is 0 Å². The van der Waals surface area contributed by atoms with Crippen LogP contribution in [0.15, 0.2) is 0 Å². The predicted molar refractivity (Wildman–Crippen MR) is 77.9 cm³/mol. The molecule has 2 unspecified atom stereocenters. The highest BCUT2D eigenvalue weighted by Gasteiger charge is 2.33. The molecule has 0 amide bonds. The largest absolute Gasteiger partial charge is 0.298 e. The van der Waals surface area contributed by atoms with Crippen molar-refractivity contribution >= 4 is 11.8 Å². The highest BCUT2D eigenvalue weighted by Crippen LogP contribution is 2.25. The van der Waals surface area contributed by atoms with Crippen LogP contribution in [0.5, 0.6) is 0 Å². The third kappa shape index (κ3) is 3.62. The summed E-state index contributed by atoms with van der Waals surface area (Å²) in [6.07, 6.45) is 9.23. The molecule has 2 heterocycles. The topological polar surface area (TPSA) is 6.48 Å². The first-order chi connectivity index (χ1) is 8.35. The molecule has 2 rings (SSSR count). The van der Waals surface area contributed by atoms with Gasteiger partial charge in [-0.15, -0.1) is 0 Å². The Labute approximate surface area is 111 Å². The molecule has 2 aliphatic heterocycles. The van der Waals surface area contributed by atoms with Crippen molar-refractivity contribution in [1.82, 2.24) is 9.80 Å². The lowest BCUT2D eigenvalue weighted by Crippen LogP contribution is -2.59. The Morgan fingerprint density at radius 3 is 2.88 bits per heavy atom. The summed E-state index contributed by atoms with van der Waals surface area (Å²) in [4.78, 5) is 5.55. The lowest BCUT2D eigenvalue weighted by atomic mass is 9.96. The quantitative estimate of drug-likeness (QED) is 0.698. The molecule has 0 spiro atoms. The molecular weight excluding hydrogens is 228 g/mol. The van der Waals surface area contributed by atoms with Crippen LogP contribution in [-0.4, -0.2) is 60.1 Å². The summed E-state index contributed by atoms with van der Waals surface area (Å²) < 4.78 is 0. The van der Waals surface area contributed by atoms with Crippen molar-refractivity contribution in [3.8, 4) is 0 Å². The van der Waals surface area contributed by atoms with Crippen LogP contribution in [0.2, 0.25) is 0 Å². The highest BCUT2D eigenvalue weighted by molar-refractivity contribution is 7.98. The zero-order valence-corrected chi connectivity index (χ0v) is 12.3. The molecule has 0 aromatic rings. The molecule has 0 aromatic heterocycles. The molecule has 17 heavy (non-hydrogen) atoms. The standard InChI is InChI=1S/C14H28N2S/c1-3-13-11-16-8-5-4-7-14(16)12-15(13)9-6-10-17-2/h13-14H,3-12H2,1-2H3. The van der Waals surface area contributed by atoms with Crippen molar-refractivity contribution in [2.75, 3.05) is 38.2 Å². The maximum absolute atomic E-state index is 2.78. The van der Waals surface area contributed by atoms with Gasteiger partial charge in [-0.25, -0.2) is 0 Å². The minimum Gasteiger partial charge on any atom is -0.298 e. The number of piperidine rings is 1. The summed E-state index contributed by atoms with van der Waals surface area (Å²) in [5.41, 5.74) is 0. The first kappa shape index (κ1) is 13.7. The van der Waals surface area contributed by atoms with Crippen LogP contribution in [0.3, 0.4) is 0 Å². The van der Waals surface area contributed by atoms with Gasteiger partial charge in [-0.2, -0.15) is 11.8 Å². The van der Waals surface area contributed by atoms with Gasteiger partial charge in [-0.1, -0.05) is 13.3 Å². The number of fused-ring (bicyclic) bond motifs is 1. The molecule has 0 saturated carbocycles. The number of thioether (sulfide) groups is 1. The summed E-state index contributed by atoms with van der Waals surface area (Å²) in [6, 6.07) is 1.70. The molecule has 0 aromatic carbocycles. The van der Waals surface area contributed by atoms with E-state index < -0.39 is 0 Å². The first-order valence-electron chi connectivity index (χ1n) is 7.32. The Bertz CT molecular complexity index is 222. The van der Waals surface area contributed by atoms with E-state index in [1.165, 1.54) is 64.0 Å². The number of nitrogens with zero attached hydrogens (tertiary/aromatic N) is 2. The molecule has 2 saturated heterocycles. The van der Waals surface area contributed by atoms with Gasteiger partial charge in [-0.05, 0) is 50.8 Å². The lowest BCUT2D eigenvalue weighted by molar-refractivity contribution is 0.00792. The van der Waals surface area contributed by atoms with Gasteiger partial charge in [0.05, 0.1) is 0 Å². The predicted octanol–water partition coefficient (Wildman–Crippen LogP) is 2.69. The Balaban J connectivity index is 1.85. The van der Waals surface area contributed by atoms with Crippen molar-refractivity contribution in [3.05, 3.63) is 0 Å². The lowest BCUT2D eigenvalue weighted by Gasteiger charge is -2.48. The van der Waals surface area contributed by atoms with Crippen LogP contribution in [0.1, 0.15) is 39.0 Å². The number of hydrogen-bond acceptors (Lipinski definition) is 3. The van der Waals surface area contributed by atoms with E-state index in [0.29, 0.717) is 0 Å². The fraction of sp³-hybridized carbons (Fsp3) is 1.00. The van der Waals surface area contributed by atoms with E-state index in [9.17, 15) is 0 Å². The smallest absolute Gasteiger partial charge is 0.0223 e. The van der Waals surface area contributed by atoms with E-state index in [0.717, 1.165) is 12.1 Å². The summed E-state index contributed by atoms with van der Waals surface area (Å²) in [5.74, 6) is 1.32. The van der Waals surface area contributed by atoms with Gasteiger partial charge < -0.3 is 0 Å². The second-order valence-electron chi connectivity index (χ2n) is 5.55. The van der Waals surface area contributed by atoms with Crippen LogP contribution in [0.25, 0.3) is 0 Å². The summed E-state index contributed by atoms with van der Waals surface area (Å²) >= 11 is 1.98. The van der Waals surface area contributed by atoms with E-state index in [4.69, 9.17) is 0 Å². The maximum atomic E-state index is 2.78. The molecule has 0 aliphatic carbocycles. The van der Waals surface area contributed by atoms with E-state index in [1.807, 2.05) is 11.8 Å². The molecule has 0 bridgehead atoms. The highest BCUT2D eigenvalue weighted by atomic mass is 32.2. The molecule has 100 valence electrons. The monoisotopic (exact) mass is 256 g/mol. The fourth-order valence-corrected chi connectivity index (χ4v) is 3.80. The van der Waals surface area contributed by atoms with Gasteiger partial charge >= 0.3 is 0 Å². The zero-order chi connectivity index (χ0) is 12.1. The van der Waals surface area contributed by atoms with Crippen molar-refractivity contribution in [2.45, 2.75) is 51.1 Å². The average Bonchev–Trinajstić information content (AvgIpc) is 2.38. The average molecular weight is 256 g/mol. The van der Waals surface area contributed by atoms with Gasteiger partial charge in [0, 0.05) is 25.2 Å². The molecular formula is C14H28N2S. The first-order valence-corrected chi connectivity index (χ1v) is 8.71. The number of rotatable bonds is 5.